The Labute approximate surface area is 568 Å². The fraction of sp³-hybridized carbons (Fsp3) is 0.683. The summed E-state index contributed by atoms with van der Waals surface area (Å²) in [5.74, 6) is -0.521. The molecule has 0 aromatic rings. The molecule has 526 valence electrons. The number of esters is 1. The maximum Gasteiger partial charge on any atom is 0.472 e. The number of amides is 1. The van der Waals surface area contributed by atoms with Crippen molar-refractivity contribution in [3.63, 3.8) is 0 Å². The molecule has 9 nitrogen and oxygen atoms in total. The fourth-order valence-electron chi connectivity index (χ4n) is 10.3. The largest absolute Gasteiger partial charge is 0.472 e. The van der Waals surface area contributed by atoms with Crippen molar-refractivity contribution < 1.29 is 37.3 Å². The van der Waals surface area contributed by atoms with Crippen LogP contribution < -0.4 is 5.32 Å². The number of phosphoric ester groups is 1. The molecule has 0 fully saturated rings. The fourth-order valence-corrected chi connectivity index (χ4v) is 11.1. The molecule has 2 N–H and O–H groups in total. The van der Waals surface area contributed by atoms with Crippen LogP contribution in [0.15, 0.2) is 146 Å². The first-order chi connectivity index (χ1) is 44.9. The highest BCUT2D eigenvalue weighted by atomic mass is 31.2. The van der Waals surface area contributed by atoms with Gasteiger partial charge in [0.1, 0.15) is 19.3 Å². The van der Waals surface area contributed by atoms with Crippen LogP contribution in [-0.2, 0) is 27.9 Å². The Hall–Kier alpha value is -4.11. The maximum atomic E-state index is 13.7. The van der Waals surface area contributed by atoms with E-state index in [1.165, 1.54) is 135 Å². The molecule has 3 atom stereocenters. The first kappa shape index (κ1) is 87.9. The Kier molecular flexibility index (Phi) is 66.6. The average molecular weight is 1300 g/mol. The number of hydrogen-bond donors (Lipinski definition) is 2. The minimum Gasteiger partial charge on any atom is -0.456 e. The number of nitrogens with one attached hydrogen (secondary N) is 1. The molecule has 0 aliphatic carbocycles. The molecule has 0 saturated carbocycles. The predicted octanol–water partition coefficient (Wildman–Crippen LogP) is 24.5. The normalized spacial score (nSPS) is 14.3. The molecule has 10 heteroatoms. The van der Waals surface area contributed by atoms with Gasteiger partial charge in [-0.25, -0.2) is 4.57 Å². The molecular weight excluding hydrogens is 1160 g/mol. The van der Waals surface area contributed by atoms with Crippen LogP contribution in [0.3, 0.4) is 0 Å². The van der Waals surface area contributed by atoms with Crippen molar-refractivity contribution in [2.45, 2.75) is 322 Å². The van der Waals surface area contributed by atoms with Crippen molar-refractivity contribution in [2.75, 3.05) is 40.9 Å². The van der Waals surface area contributed by atoms with Crippen LogP contribution in [0.5, 0.6) is 0 Å². The molecule has 0 aliphatic heterocycles. The molecule has 92 heavy (non-hydrogen) atoms. The van der Waals surface area contributed by atoms with Gasteiger partial charge in [0.2, 0.25) is 5.91 Å². The van der Waals surface area contributed by atoms with E-state index in [1.54, 1.807) is 0 Å². The van der Waals surface area contributed by atoms with Crippen molar-refractivity contribution >= 4 is 19.7 Å². The van der Waals surface area contributed by atoms with Crippen LogP contribution in [0.2, 0.25) is 0 Å². The Morgan fingerprint density at radius 1 is 0.391 bits per heavy atom. The van der Waals surface area contributed by atoms with E-state index in [1.807, 2.05) is 33.3 Å². The summed E-state index contributed by atoms with van der Waals surface area (Å²) >= 11 is 0. The van der Waals surface area contributed by atoms with Crippen LogP contribution in [0, 0.1) is 0 Å². The van der Waals surface area contributed by atoms with E-state index in [-0.39, 0.29) is 31.5 Å². The van der Waals surface area contributed by atoms with Crippen molar-refractivity contribution in [2.24, 2.45) is 0 Å². The summed E-state index contributed by atoms with van der Waals surface area (Å²) in [5, 5.41) is 3.07. The van der Waals surface area contributed by atoms with Crippen molar-refractivity contribution in [1.29, 1.82) is 0 Å². The van der Waals surface area contributed by atoms with Gasteiger partial charge in [-0.3, -0.25) is 18.6 Å². The van der Waals surface area contributed by atoms with Gasteiger partial charge in [0, 0.05) is 12.8 Å². The standard InChI is InChI=1S/C82H141N2O7P/c1-7-10-13-16-19-22-25-28-30-32-34-36-38-40-42-44-46-48-50-52-54-56-59-62-65-68-71-74-81(85)83-79(78-90-92(87,88)89-77-76-84(4,5)6)80(73-70-67-64-61-58-27-24-21-18-15-12-9-3)91-82(86)75-72-69-66-63-60-57-55-53-51-49-47-45-43-41-39-37-35-33-31-29-26-23-20-17-14-11-8-2/h10-11,13-14,19-20,22-23,28-31,34-37,40-43,46,48,70,73,79-80H,7-9,12,15-18,21,24-27,32-33,38-39,44-45,47,49-69,71-72,74-78H2,1-6H3,(H-,83,85,87,88)/p+1/b13-10-,14-11-,22-19-,23-20-,30-28-,31-29-,36-34-,37-35-,42-40-,43-41-,48-46-,73-70+. The van der Waals surface area contributed by atoms with E-state index in [4.69, 9.17) is 13.8 Å². The number of carbonyl (C=O) groups excluding carboxylic acids is 2. The van der Waals surface area contributed by atoms with Crippen molar-refractivity contribution in [3.05, 3.63) is 146 Å². The molecule has 0 saturated heterocycles. The van der Waals surface area contributed by atoms with Crippen LogP contribution in [0.25, 0.3) is 0 Å². The SMILES string of the molecule is CC/C=C\C/C=C\C/C=C\C/C=C\C/C=C\C/C=C\CCCCCCCCCCC(=O)NC(COP(=O)(O)OCC[N+](C)(C)C)C(/C=C/CCCCCCCCCCCC)OC(=O)CCCCCCCCCCCCC/C=C\C/C=C\C/C=C\C/C=C\C/C=C\CC. The summed E-state index contributed by atoms with van der Waals surface area (Å²) in [6, 6.07) is -0.866. The highest BCUT2D eigenvalue weighted by Crippen LogP contribution is 2.43. The van der Waals surface area contributed by atoms with E-state index in [9.17, 15) is 19.0 Å². The summed E-state index contributed by atoms with van der Waals surface area (Å²) in [6.07, 6.45) is 101. The van der Waals surface area contributed by atoms with E-state index < -0.39 is 20.0 Å². The number of rotatable bonds is 67. The highest BCUT2D eigenvalue weighted by Gasteiger charge is 2.30. The number of carbonyl (C=O) groups is 2. The smallest absolute Gasteiger partial charge is 0.456 e. The van der Waals surface area contributed by atoms with Gasteiger partial charge in [-0.2, -0.15) is 0 Å². The Morgan fingerprint density at radius 3 is 1.04 bits per heavy atom. The van der Waals surface area contributed by atoms with E-state index in [0.717, 1.165) is 141 Å². The van der Waals surface area contributed by atoms with Crippen LogP contribution >= 0.6 is 7.82 Å². The Balaban J connectivity index is 5.04. The zero-order valence-corrected chi connectivity index (χ0v) is 61.1. The zero-order chi connectivity index (χ0) is 67.0. The highest BCUT2D eigenvalue weighted by molar-refractivity contribution is 7.47. The Bertz CT molecular complexity index is 2090. The second-order valence-electron chi connectivity index (χ2n) is 26.1. The summed E-state index contributed by atoms with van der Waals surface area (Å²) in [7, 11) is 1.47. The predicted molar refractivity (Wildman–Crippen MR) is 401 cm³/mol. The first-order valence-corrected chi connectivity index (χ1v) is 39.2. The van der Waals surface area contributed by atoms with Gasteiger partial charge in [0.05, 0.1) is 33.8 Å². The summed E-state index contributed by atoms with van der Waals surface area (Å²) in [4.78, 5) is 38.0. The van der Waals surface area contributed by atoms with E-state index >= 15 is 0 Å². The lowest BCUT2D eigenvalue weighted by Crippen LogP contribution is -2.47. The molecule has 0 bridgehead atoms. The van der Waals surface area contributed by atoms with Gasteiger partial charge in [-0.1, -0.05) is 315 Å². The molecule has 0 rings (SSSR count). The molecule has 0 heterocycles. The zero-order valence-electron chi connectivity index (χ0n) is 60.2. The molecular formula is C82H142N2O7P+. The molecule has 0 spiro atoms. The molecule has 0 aliphatic rings. The quantitative estimate of drug-likeness (QED) is 0.0205. The van der Waals surface area contributed by atoms with Gasteiger partial charge < -0.3 is 19.4 Å². The van der Waals surface area contributed by atoms with Gasteiger partial charge in [-0.05, 0) is 128 Å². The van der Waals surface area contributed by atoms with Gasteiger partial charge in [0.25, 0.3) is 0 Å². The molecule has 1 amide bonds. The first-order valence-electron chi connectivity index (χ1n) is 37.7. The number of allylic oxidation sites excluding steroid dienone is 23. The van der Waals surface area contributed by atoms with Crippen LogP contribution in [0.1, 0.15) is 310 Å². The maximum absolute atomic E-state index is 13.7. The third-order valence-corrected chi connectivity index (χ3v) is 17.0. The third-order valence-electron chi connectivity index (χ3n) is 16.0. The van der Waals surface area contributed by atoms with E-state index in [2.05, 4.69) is 160 Å². The molecule has 0 aromatic carbocycles. The number of nitrogens with zero attached hydrogens (tertiary/aromatic N) is 1. The topological polar surface area (TPSA) is 111 Å². The van der Waals surface area contributed by atoms with Gasteiger partial charge in [-0.15, -0.1) is 0 Å². The molecule has 0 aromatic heterocycles. The average Bonchev–Trinajstić information content (AvgIpc) is 3.69. The summed E-state index contributed by atoms with van der Waals surface area (Å²) in [6.45, 7) is 6.79. The van der Waals surface area contributed by atoms with Crippen molar-refractivity contribution in [1.82, 2.24) is 5.32 Å². The number of quaternary nitrogens is 1. The van der Waals surface area contributed by atoms with E-state index in [0.29, 0.717) is 17.4 Å². The molecule has 0 radical (unpaired) electrons. The second-order valence-corrected chi connectivity index (χ2v) is 27.5. The second kappa shape index (κ2) is 69.7. The van der Waals surface area contributed by atoms with Crippen LogP contribution in [-0.4, -0.2) is 74.3 Å². The summed E-state index contributed by atoms with van der Waals surface area (Å²) in [5.41, 5.74) is 0. The van der Waals surface area contributed by atoms with Gasteiger partial charge in [0.15, 0.2) is 0 Å². The lowest BCUT2D eigenvalue weighted by Gasteiger charge is -2.27. The monoisotopic (exact) mass is 1300 g/mol. The minimum absolute atomic E-state index is 0.0310. The van der Waals surface area contributed by atoms with Crippen LogP contribution in [0.4, 0.5) is 0 Å². The number of likely N-dealkylation sites (N-methyl/N-ethyl adjacent to an activating group) is 1. The third kappa shape index (κ3) is 70.2. The van der Waals surface area contributed by atoms with Gasteiger partial charge >= 0.3 is 13.8 Å². The molecule has 3 unspecified atom stereocenters. The number of ether oxygens (including phenoxy) is 1. The lowest BCUT2D eigenvalue weighted by molar-refractivity contribution is -0.870. The summed E-state index contributed by atoms with van der Waals surface area (Å²) < 4.78 is 30.9. The lowest BCUT2D eigenvalue weighted by atomic mass is 10.0. The van der Waals surface area contributed by atoms with Crippen molar-refractivity contribution in [3.8, 4) is 0 Å². The number of hydrogen-bond acceptors (Lipinski definition) is 6. The number of unbranched alkanes of at least 4 members (excludes halogenated alkanes) is 29. The Morgan fingerprint density at radius 2 is 0.696 bits per heavy atom. The number of phosphoric acid groups is 1. The minimum atomic E-state index is -4.47.